The Balaban J connectivity index is 2.01. The molecule has 0 aliphatic rings. The average Bonchev–Trinajstić information content (AvgIpc) is 2.32. The molecule has 2 rings (SSSR count). The smallest absolute Gasteiger partial charge is 0.149 e. The van der Waals surface area contributed by atoms with Crippen molar-refractivity contribution in [2.45, 2.75) is 19.4 Å². The maximum Gasteiger partial charge on any atom is 0.149 e. The molecule has 0 amide bonds. The largest absolute Gasteiger partial charge is 0.366 e. The van der Waals surface area contributed by atoms with Crippen molar-refractivity contribution in [1.82, 2.24) is 9.97 Å². The van der Waals surface area contributed by atoms with Crippen molar-refractivity contribution >= 4 is 17.4 Å². The normalized spacial score (nSPS) is 12.2. The number of anilines is 1. The van der Waals surface area contributed by atoms with Crippen LogP contribution in [0.3, 0.4) is 0 Å². The number of nitrogens with one attached hydrogen (secondary N) is 1. The first-order valence-electron chi connectivity index (χ1n) is 5.62. The second kappa shape index (κ2) is 5.78. The minimum atomic E-state index is -0.191. The van der Waals surface area contributed by atoms with E-state index in [9.17, 15) is 4.39 Å². The van der Waals surface area contributed by atoms with Gasteiger partial charge in [-0.3, -0.25) is 4.98 Å². The van der Waals surface area contributed by atoms with Crippen LogP contribution in [0.1, 0.15) is 12.5 Å². The predicted molar refractivity (Wildman–Crippen MR) is 70.2 cm³/mol. The summed E-state index contributed by atoms with van der Waals surface area (Å²) < 4.78 is 13.5. The number of benzene rings is 1. The van der Waals surface area contributed by atoms with E-state index in [0.717, 1.165) is 0 Å². The molecule has 3 nitrogen and oxygen atoms in total. The Morgan fingerprint density at radius 1 is 1.33 bits per heavy atom. The Bertz CT molecular complexity index is 533. The first-order valence-corrected chi connectivity index (χ1v) is 6.00. The van der Waals surface area contributed by atoms with Crippen LogP contribution in [-0.2, 0) is 6.42 Å². The number of rotatable bonds is 4. The lowest BCUT2D eigenvalue weighted by atomic mass is 10.1. The van der Waals surface area contributed by atoms with Crippen molar-refractivity contribution in [3.63, 3.8) is 0 Å². The first kappa shape index (κ1) is 12.8. The zero-order chi connectivity index (χ0) is 13.0. The van der Waals surface area contributed by atoms with Gasteiger partial charge in [0, 0.05) is 6.04 Å². The van der Waals surface area contributed by atoms with E-state index in [2.05, 4.69) is 15.3 Å². The Kier molecular flexibility index (Phi) is 4.10. The van der Waals surface area contributed by atoms with Gasteiger partial charge in [-0.05, 0) is 25.0 Å². The minimum absolute atomic E-state index is 0.0367. The van der Waals surface area contributed by atoms with Crippen molar-refractivity contribution in [3.05, 3.63) is 53.2 Å². The van der Waals surface area contributed by atoms with E-state index in [4.69, 9.17) is 11.6 Å². The van der Waals surface area contributed by atoms with E-state index in [-0.39, 0.29) is 11.9 Å². The average molecular weight is 266 g/mol. The molecule has 1 heterocycles. The molecule has 1 aromatic heterocycles. The first-order chi connectivity index (χ1) is 8.65. The topological polar surface area (TPSA) is 37.8 Å². The number of halogens is 2. The van der Waals surface area contributed by atoms with E-state index < -0.39 is 0 Å². The third-order valence-electron chi connectivity index (χ3n) is 2.48. The highest BCUT2D eigenvalue weighted by Gasteiger charge is 2.08. The van der Waals surface area contributed by atoms with Crippen LogP contribution in [0.2, 0.25) is 5.15 Å². The SMILES string of the molecule is C[C@H](Cc1ccccc1F)Nc1cncc(Cl)n1. The molecule has 0 saturated heterocycles. The van der Waals surface area contributed by atoms with E-state index in [1.807, 2.05) is 13.0 Å². The van der Waals surface area contributed by atoms with Crippen LogP contribution in [0.25, 0.3) is 0 Å². The van der Waals surface area contributed by atoms with Crippen LogP contribution in [0.4, 0.5) is 10.2 Å². The van der Waals surface area contributed by atoms with E-state index in [1.54, 1.807) is 18.3 Å². The van der Waals surface area contributed by atoms with E-state index in [1.165, 1.54) is 12.3 Å². The van der Waals surface area contributed by atoms with Crippen molar-refractivity contribution < 1.29 is 4.39 Å². The fraction of sp³-hybridized carbons (Fsp3) is 0.231. The number of aromatic nitrogens is 2. The highest BCUT2D eigenvalue weighted by atomic mass is 35.5. The lowest BCUT2D eigenvalue weighted by molar-refractivity contribution is 0.601. The molecule has 1 N–H and O–H groups in total. The zero-order valence-electron chi connectivity index (χ0n) is 9.90. The van der Waals surface area contributed by atoms with Gasteiger partial charge in [-0.25, -0.2) is 9.37 Å². The molecule has 0 saturated carbocycles. The van der Waals surface area contributed by atoms with Gasteiger partial charge in [0.05, 0.1) is 12.4 Å². The molecule has 0 unspecified atom stereocenters. The van der Waals surface area contributed by atoms with Crippen molar-refractivity contribution in [2.24, 2.45) is 0 Å². The van der Waals surface area contributed by atoms with Gasteiger partial charge in [0.15, 0.2) is 0 Å². The highest BCUT2D eigenvalue weighted by Crippen LogP contribution is 2.13. The van der Waals surface area contributed by atoms with Gasteiger partial charge in [0.1, 0.15) is 16.8 Å². The standard InChI is InChI=1S/C13H13ClFN3/c1-9(6-10-4-2-3-5-11(10)15)17-13-8-16-7-12(14)18-13/h2-5,7-9H,6H2,1H3,(H,17,18)/t9-/m1/s1. The maximum atomic E-state index is 13.5. The molecule has 2 aromatic rings. The van der Waals surface area contributed by atoms with Gasteiger partial charge in [-0.15, -0.1) is 0 Å². The summed E-state index contributed by atoms with van der Waals surface area (Å²) >= 11 is 5.74. The van der Waals surface area contributed by atoms with Gasteiger partial charge < -0.3 is 5.32 Å². The summed E-state index contributed by atoms with van der Waals surface area (Å²) in [6.45, 7) is 1.95. The lowest BCUT2D eigenvalue weighted by Crippen LogP contribution is -2.19. The summed E-state index contributed by atoms with van der Waals surface area (Å²) in [7, 11) is 0. The molecule has 0 bridgehead atoms. The summed E-state index contributed by atoms with van der Waals surface area (Å²) in [5, 5.41) is 3.47. The summed E-state index contributed by atoms with van der Waals surface area (Å²) in [4.78, 5) is 8.01. The molecule has 5 heteroatoms. The molecule has 18 heavy (non-hydrogen) atoms. The van der Waals surface area contributed by atoms with Gasteiger partial charge in [-0.2, -0.15) is 0 Å². The number of hydrogen-bond acceptors (Lipinski definition) is 3. The molecular weight excluding hydrogens is 253 g/mol. The molecule has 0 aliphatic heterocycles. The predicted octanol–water partition coefficient (Wildman–Crippen LogP) is 3.31. The fourth-order valence-electron chi connectivity index (χ4n) is 1.71. The second-order valence-corrected chi connectivity index (χ2v) is 4.46. The molecule has 1 atom stereocenters. The van der Waals surface area contributed by atoms with E-state index in [0.29, 0.717) is 23.0 Å². The zero-order valence-corrected chi connectivity index (χ0v) is 10.7. The van der Waals surface area contributed by atoms with Crippen LogP contribution >= 0.6 is 11.6 Å². The third-order valence-corrected chi connectivity index (χ3v) is 2.67. The van der Waals surface area contributed by atoms with Gasteiger partial charge in [0.2, 0.25) is 0 Å². The fourth-order valence-corrected chi connectivity index (χ4v) is 1.86. The Morgan fingerprint density at radius 2 is 2.11 bits per heavy atom. The Labute approximate surface area is 110 Å². The summed E-state index contributed by atoms with van der Waals surface area (Å²) in [5.41, 5.74) is 0.674. The van der Waals surface area contributed by atoms with Crippen LogP contribution in [0.5, 0.6) is 0 Å². The van der Waals surface area contributed by atoms with Gasteiger partial charge in [-0.1, -0.05) is 29.8 Å². The van der Waals surface area contributed by atoms with Crippen molar-refractivity contribution in [2.75, 3.05) is 5.32 Å². The van der Waals surface area contributed by atoms with Crippen LogP contribution in [-0.4, -0.2) is 16.0 Å². The highest BCUT2D eigenvalue weighted by molar-refractivity contribution is 6.29. The quantitative estimate of drug-likeness (QED) is 0.922. The monoisotopic (exact) mass is 265 g/mol. The number of nitrogens with zero attached hydrogens (tertiary/aromatic N) is 2. The molecule has 1 aromatic carbocycles. The van der Waals surface area contributed by atoms with Crippen LogP contribution in [0.15, 0.2) is 36.7 Å². The maximum absolute atomic E-state index is 13.5. The number of hydrogen-bond donors (Lipinski definition) is 1. The second-order valence-electron chi connectivity index (χ2n) is 4.07. The molecule has 0 spiro atoms. The molecular formula is C13H13ClFN3. The van der Waals surface area contributed by atoms with Crippen molar-refractivity contribution in [3.8, 4) is 0 Å². The summed E-state index contributed by atoms with van der Waals surface area (Å²) in [6, 6.07) is 6.77. The Morgan fingerprint density at radius 3 is 2.83 bits per heavy atom. The molecule has 0 radical (unpaired) electrons. The third kappa shape index (κ3) is 3.40. The molecule has 94 valence electrons. The molecule has 0 aliphatic carbocycles. The summed E-state index contributed by atoms with van der Waals surface area (Å²) in [5.74, 6) is 0.398. The Hall–Kier alpha value is -1.68. The lowest BCUT2D eigenvalue weighted by Gasteiger charge is -2.14. The van der Waals surface area contributed by atoms with Gasteiger partial charge in [0.25, 0.3) is 0 Å². The van der Waals surface area contributed by atoms with Crippen LogP contribution < -0.4 is 5.32 Å². The van der Waals surface area contributed by atoms with Crippen molar-refractivity contribution in [1.29, 1.82) is 0 Å². The van der Waals surface area contributed by atoms with Gasteiger partial charge >= 0.3 is 0 Å². The minimum Gasteiger partial charge on any atom is -0.366 e. The van der Waals surface area contributed by atoms with Crippen LogP contribution in [0, 0.1) is 5.82 Å². The van der Waals surface area contributed by atoms with E-state index >= 15 is 0 Å². The molecule has 0 fully saturated rings. The summed E-state index contributed by atoms with van der Waals surface area (Å²) in [6.07, 6.45) is 3.62.